The molecule has 4 fully saturated rings. The van der Waals surface area contributed by atoms with E-state index in [0.29, 0.717) is 65.3 Å². The first-order valence-electron chi connectivity index (χ1n) is 20.2. The van der Waals surface area contributed by atoms with Gasteiger partial charge in [-0.05, 0) is 79.1 Å². The third-order valence-corrected chi connectivity index (χ3v) is 13.5. The number of ether oxygens (including phenoxy) is 6. The Morgan fingerprint density at radius 1 is 0.480 bits per heavy atom. The molecule has 4 heterocycles. The Labute approximate surface area is 305 Å². The summed E-state index contributed by atoms with van der Waals surface area (Å²) in [5, 5.41) is 25.4. The standard InChI is InChI=1S/C40H76N2O8/c1-11-35(29-47-39(48-30-35)23-33(7,8)41(43)37(13-3,14-4)25-39)27-45-21-19-17-18-20-22-46-28-36(12-2)31-49-40(50-32-36)24-34(9,10)42(44)38(15-5,16-6)26-40/h43-44H,11-32H2,1-10H3. The first kappa shape index (κ1) is 42.3. The molecule has 0 aliphatic carbocycles. The predicted octanol–water partition coefficient (Wildman–Crippen LogP) is 8.50. The monoisotopic (exact) mass is 713 g/mol. The average molecular weight is 713 g/mol. The Morgan fingerprint density at radius 3 is 1.08 bits per heavy atom. The van der Waals surface area contributed by atoms with Crippen molar-refractivity contribution in [1.82, 2.24) is 10.1 Å². The lowest BCUT2D eigenvalue weighted by molar-refractivity contribution is -0.380. The summed E-state index contributed by atoms with van der Waals surface area (Å²) in [6, 6.07) is 0. The molecule has 0 unspecified atom stereocenters. The predicted molar refractivity (Wildman–Crippen MR) is 195 cm³/mol. The van der Waals surface area contributed by atoms with Crippen molar-refractivity contribution in [2.75, 3.05) is 52.9 Å². The second-order valence-corrected chi connectivity index (χ2v) is 18.0. The van der Waals surface area contributed by atoms with Gasteiger partial charge in [-0.2, -0.15) is 10.1 Å². The second kappa shape index (κ2) is 16.5. The normalized spacial score (nSPS) is 31.7. The molecule has 0 amide bonds. The molecule has 0 aromatic heterocycles. The molecule has 4 rings (SSSR count). The highest BCUT2D eigenvalue weighted by molar-refractivity contribution is 5.06. The van der Waals surface area contributed by atoms with Crippen molar-refractivity contribution in [2.24, 2.45) is 10.8 Å². The molecule has 0 atom stereocenters. The molecule has 0 aromatic rings. The van der Waals surface area contributed by atoms with E-state index in [0.717, 1.165) is 77.4 Å². The molecule has 10 nitrogen and oxygen atoms in total. The van der Waals surface area contributed by atoms with Gasteiger partial charge in [0.1, 0.15) is 0 Å². The highest BCUT2D eigenvalue weighted by atomic mass is 16.7. The van der Waals surface area contributed by atoms with Gasteiger partial charge in [-0.1, -0.05) is 54.4 Å². The van der Waals surface area contributed by atoms with Crippen LogP contribution in [0.25, 0.3) is 0 Å². The molecule has 0 radical (unpaired) electrons. The lowest BCUT2D eigenvalue weighted by atomic mass is 9.72. The van der Waals surface area contributed by atoms with Crippen molar-refractivity contribution in [1.29, 1.82) is 0 Å². The van der Waals surface area contributed by atoms with Crippen molar-refractivity contribution < 1.29 is 38.8 Å². The third-order valence-electron chi connectivity index (χ3n) is 13.5. The first-order valence-corrected chi connectivity index (χ1v) is 20.2. The molecule has 10 heteroatoms. The highest BCUT2D eigenvalue weighted by Crippen LogP contribution is 2.52. The molecular weight excluding hydrogens is 636 g/mol. The van der Waals surface area contributed by atoms with Gasteiger partial charge in [-0.3, -0.25) is 0 Å². The summed E-state index contributed by atoms with van der Waals surface area (Å²) < 4.78 is 39.0. The molecular formula is C40H76N2O8. The fourth-order valence-corrected chi connectivity index (χ4v) is 9.46. The summed E-state index contributed by atoms with van der Waals surface area (Å²) in [4.78, 5) is 0. The van der Waals surface area contributed by atoms with E-state index in [1.807, 2.05) is 0 Å². The number of piperidine rings is 2. The zero-order valence-electron chi connectivity index (χ0n) is 33.8. The van der Waals surface area contributed by atoms with Gasteiger partial charge in [0.25, 0.3) is 0 Å². The molecule has 2 N–H and O–H groups in total. The van der Waals surface area contributed by atoms with E-state index in [1.54, 1.807) is 10.1 Å². The molecule has 0 bridgehead atoms. The lowest BCUT2D eigenvalue weighted by Gasteiger charge is -2.60. The summed E-state index contributed by atoms with van der Waals surface area (Å²) in [5.41, 5.74) is -1.81. The summed E-state index contributed by atoms with van der Waals surface area (Å²) in [6.07, 6.45) is 12.2. The largest absolute Gasteiger partial charge is 0.381 e. The van der Waals surface area contributed by atoms with Crippen LogP contribution in [0.2, 0.25) is 0 Å². The molecule has 294 valence electrons. The number of nitrogens with zero attached hydrogens (tertiary/aromatic N) is 2. The minimum Gasteiger partial charge on any atom is -0.381 e. The van der Waals surface area contributed by atoms with Gasteiger partial charge in [-0.15, -0.1) is 0 Å². The van der Waals surface area contributed by atoms with Crippen LogP contribution >= 0.6 is 0 Å². The van der Waals surface area contributed by atoms with Gasteiger partial charge in [-0.25, -0.2) is 0 Å². The van der Waals surface area contributed by atoms with Gasteiger partial charge in [0.05, 0.1) is 50.7 Å². The Bertz CT molecular complexity index is 960. The van der Waals surface area contributed by atoms with Gasteiger partial charge in [0, 0.05) is 60.8 Å². The van der Waals surface area contributed by atoms with Crippen molar-refractivity contribution in [3.05, 3.63) is 0 Å². The first-order chi connectivity index (χ1) is 23.5. The van der Waals surface area contributed by atoms with E-state index >= 15 is 0 Å². The van der Waals surface area contributed by atoms with E-state index in [1.165, 1.54) is 0 Å². The minimum atomic E-state index is -0.655. The van der Waals surface area contributed by atoms with Crippen LogP contribution in [0.4, 0.5) is 0 Å². The molecule has 2 spiro atoms. The van der Waals surface area contributed by atoms with E-state index in [-0.39, 0.29) is 21.9 Å². The van der Waals surface area contributed by atoms with E-state index in [4.69, 9.17) is 28.4 Å². The van der Waals surface area contributed by atoms with Crippen LogP contribution in [-0.4, -0.2) is 107 Å². The van der Waals surface area contributed by atoms with Crippen LogP contribution in [0.3, 0.4) is 0 Å². The summed E-state index contributed by atoms with van der Waals surface area (Å²) >= 11 is 0. The molecule has 4 saturated heterocycles. The smallest absolute Gasteiger partial charge is 0.172 e. The van der Waals surface area contributed by atoms with Crippen LogP contribution in [0.15, 0.2) is 0 Å². The molecule has 0 aromatic carbocycles. The quantitative estimate of drug-likeness (QED) is 0.143. The van der Waals surface area contributed by atoms with Gasteiger partial charge in [0.15, 0.2) is 11.6 Å². The second-order valence-electron chi connectivity index (χ2n) is 18.0. The van der Waals surface area contributed by atoms with Crippen LogP contribution < -0.4 is 0 Å². The minimum absolute atomic E-state index is 0.135. The van der Waals surface area contributed by atoms with E-state index in [9.17, 15) is 10.4 Å². The number of rotatable bonds is 17. The van der Waals surface area contributed by atoms with Crippen molar-refractivity contribution in [3.8, 4) is 0 Å². The summed E-state index contributed by atoms with van der Waals surface area (Å²) in [7, 11) is 0. The van der Waals surface area contributed by atoms with Gasteiger partial charge >= 0.3 is 0 Å². The van der Waals surface area contributed by atoms with Crippen molar-refractivity contribution in [2.45, 2.75) is 193 Å². The topological polar surface area (TPSA) is 102 Å². The van der Waals surface area contributed by atoms with E-state index < -0.39 is 22.7 Å². The van der Waals surface area contributed by atoms with Gasteiger partial charge in [0.2, 0.25) is 0 Å². The molecule has 50 heavy (non-hydrogen) atoms. The number of unbranched alkanes of at least 4 members (excludes halogenated alkanes) is 3. The van der Waals surface area contributed by atoms with Crippen LogP contribution in [0, 0.1) is 10.8 Å². The van der Waals surface area contributed by atoms with Crippen molar-refractivity contribution >= 4 is 0 Å². The fraction of sp³-hybridized carbons (Fsp3) is 1.00. The SMILES string of the molecule is CCC1(COCCCCCCOCC2(CC)COC3(CC(C)(C)N(O)C(CC)(CC)C3)OC2)COC2(CC(C)(C)N(O)C(CC)(CC)C2)OC1. The molecule has 4 aliphatic rings. The maximum atomic E-state index is 11.1. The van der Waals surface area contributed by atoms with Crippen molar-refractivity contribution in [3.63, 3.8) is 0 Å². The Balaban J connectivity index is 1.12. The number of hydroxylamine groups is 4. The number of hydrogen-bond donors (Lipinski definition) is 2. The summed E-state index contributed by atoms with van der Waals surface area (Å²) in [5.74, 6) is -1.31. The fourth-order valence-electron chi connectivity index (χ4n) is 9.46. The Hall–Kier alpha value is -0.400. The molecule has 4 aliphatic heterocycles. The zero-order valence-corrected chi connectivity index (χ0v) is 33.8. The maximum Gasteiger partial charge on any atom is 0.172 e. The van der Waals surface area contributed by atoms with Crippen LogP contribution in [-0.2, 0) is 28.4 Å². The van der Waals surface area contributed by atoms with Gasteiger partial charge < -0.3 is 38.8 Å². The third kappa shape index (κ3) is 8.76. The Kier molecular flexibility index (Phi) is 14.0. The highest BCUT2D eigenvalue weighted by Gasteiger charge is 2.60. The van der Waals surface area contributed by atoms with Crippen LogP contribution in [0.5, 0.6) is 0 Å². The van der Waals surface area contributed by atoms with E-state index in [2.05, 4.69) is 69.2 Å². The average Bonchev–Trinajstić information content (AvgIpc) is 3.11. The maximum absolute atomic E-state index is 11.1. The lowest BCUT2D eigenvalue weighted by Crippen LogP contribution is -2.69. The number of hydrogen-bond acceptors (Lipinski definition) is 10. The Morgan fingerprint density at radius 2 is 0.800 bits per heavy atom. The summed E-state index contributed by atoms with van der Waals surface area (Å²) in [6.45, 7) is 26.6. The zero-order chi connectivity index (χ0) is 37.0. The van der Waals surface area contributed by atoms with Crippen LogP contribution in [0.1, 0.15) is 159 Å². The molecule has 0 saturated carbocycles.